The minimum Gasteiger partial charge on any atom is -0.303 e. The van der Waals surface area contributed by atoms with Gasteiger partial charge in [-0.25, -0.2) is 0 Å². The van der Waals surface area contributed by atoms with Crippen molar-refractivity contribution < 1.29 is 4.79 Å². The van der Waals surface area contributed by atoms with Crippen LogP contribution in [0.3, 0.4) is 0 Å². The molecule has 2 heteroatoms. The molecule has 2 nitrogen and oxygen atoms in total. The van der Waals surface area contributed by atoms with Crippen LogP contribution in [0.25, 0.3) is 0 Å². The van der Waals surface area contributed by atoms with Crippen molar-refractivity contribution in [1.29, 1.82) is 0 Å². The number of carbonyl (C=O) groups is 1. The predicted octanol–water partition coefficient (Wildman–Crippen LogP) is 5.39. The number of benzene rings is 1. The second-order valence-electron chi connectivity index (χ2n) is 7.11. The summed E-state index contributed by atoms with van der Waals surface area (Å²) in [6.45, 7) is 16.1. The zero-order valence-electron chi connectivity index (χ0n) is 15.9. The Kier molecular flexibility index (Phi) is 8.54. The highest BCUT2D eigenvalue weighted by atomic mass is 16.1. The van der Waals surface area contributed by atoms with Crippen molar-refractivity contribution in [2.24, 2.45) is 11.8 Å². The summed E-state index contributed by atoms with van der Waals surface area (Å²) in [5.41, 5.74) is 2.26. The van der Waals surface area contributed by atoms with Crippen molar-refractivity contribution in [3.8, 4) is 0 Å². The molecule has 0 radical (unpaired) electrons. The van der Waals surface area contributed by atoms with Crippen molar-refractivity contribution in [1.82, 2.24) is 4.90 Å². The Hall–Kier alpha value is -1.15. The standard InChI is InChI=1S/C19H29NO.C2H6/c1-14(2)13-20-11-9-17(10-12-20)16-5-7-18(8-6-16)19(21)15(3)4;1-2/h5-8,14-15,17H,9-13H2,1-4H3;1-2H3. The van der Waals surface area contributed by atoms with Crippen molar-refractivity contribution in [3.05, 3.63) is 35.4 Å². The molecular weight excluding hydrogens is 282 g/mol. The first-order valence-electron chi connectivity index (χ1n) is 9.34. The maximum Gasteiger partial charge on any atom is 0.165 e. The SMILES string of the molecule is CC.CC(C)CN1CCC(c2ccc(C(=O)C(C)C)cc2)CC1. The van der Waals surface area contributed by atoms with Crippen LogP contribution in [0.1, 0.15) is 76.2 Å². The molecule has 0 amide bonds. The van der Waals surface area contributed by atoms with Crippen molar-refractivity contribution in [3.63, 3.8) is 0 Å². The third-order valence-electron chi connectivity index (χ3n) is 4.40. The second kappa shape index (κ2) is 9.87. The fraction of sp³-hybridized carbons (Fsp3) is 0.667. The van der Waals surface area contributed by atoms with Gasteiger partial charge in [0.2, 0.25) is 0 Å². The maximum atomic E-state index is 12.0. The molecule has 1 heterocycles. The van der Waals surface area contributed by atoms with Gasteiger partial charge in [-0.1, -0.05) is 65.8 Å². The Labute approximate surface area is 143 Å². The van der Waals surface area contributed by atoms with Gasteiger partial charge in [0, 0.05) is 18.0 Å². The third-order valence-corrected chi connectivity index (χ3v) is 4.40. The quantitative estimate of drug-likeness (QED) is 0.679. The summed E-state index contributed by atoms with van der Waals surface area (Å²) in [4.78, 5) is 14.6. The zero-order valence-corrected chi connectivity index (χ0v) is 15.9. The number of ketones is 1. The number of hydrogen-bond donors (Lipinski definition) is 0. The minimum atomic E-state index is 0.0788. The van der Waals surface area contributed by atoms with Crippen LogP contribution in [0, 0.1) is 11.8 Å². The molecule has 130 valence electrons. The predicted molar refractivity (Wildman–Crippen MR) is 100 cm³/mol. The molecule has 1 aromatic rings. The van der Waals surface area contributed by atoms with Gasteiger partial charge in [-0.15, -0.1) is 0 Å². The lowest BCUT2D eigenvalue weighted by Crippen LogP contribution is -2.35. The van der Waals surface area contributed by atoms with Crippen LogP contribution in [0.4, 0.5) is 0 Å². The van der Waals surface area contributed by atoms with E-state index in [1.54, 1.807) is 0 Å². The fourth-order valence-corrected chi connectivity index (χ4v) is 3.22. The number of Topliss-reactive ketones (excluding diaryl/α,β-unsaturated/α-hetero) is 1. The smallest absolute Gasteiger partial charge is 0.165 e. The highest BCUT2D eigenvalue weighted by Crippen LogP contribution is 2.28. The highest BCUT2D eigenvalue weighted by molar-refractivity contribution is 5.97. The van der Waals surface area contributed by atoms with Gasteiger partial charge in [0.15, 0.2) is 5.78 Å². The summed E-state index contributed by atoms with van der Waals surface area (Å²) < 4.78 is 0. The summed E-state index contributed by atoms with van der Waals surface area (Å²) in [6.07, 6.45) is 2.48. The molecule has 23 heavy (non-hydrogen) atoms. The van der Waals surface area contributed by atoms with E-state index in [1.807, 2.05) is 39.8 Å². The molecule has 0 aliphatic carbocycles. The lowest BCUT2D eigenvalue weighted by Gasteiger charge is -2.33. The van der Waals surface area contributed by atoms with E-state index in [9.17, 15) is 4.79 Å². The summed E-state index contributed by atoms with van der Waals surface area (Å²) in [6, 6.07) is 8.35. The average Bonchev–Trinajstić information content (AvgIpc) is 2.56. The van der Waals surface area contributed by atoms with E-state index in [-0.39, 0.29) is 11.7 Å². The van der Waals surface area contributed by atoms with Gasteiger partial charge in [0.25, 0.3) is 0 Å². The zero-order chi connectivity index (χ0) is 17.4. The Morgan fingerprint density at radius 1 is 1.04 bits per heavy atom. The lowest BCUT2D eigenvalue weighted by molar-refractivity contribution is 0.0939. The number of rotatable bonds is 5. The van der Waals surface area contributed by atoms with Crippen LogP contribution < -0.4 is 0 Å². The molecular formula is C21H35NO. The van der Waals surface area contributed by atoms with Crippen LogP contribution in [0.5, 0.6) is 0 Å². The van der Waals surface area contributed by atoms with E-state index in [0.717, 1.165) is 11.5 Å². The third kappa shape index (κ3) is 6.10. The molecule has 1 fully saturated rings. The minimum absolute atomic E-state index is 0.0788. The van der Waals surface area contributed by atoms with Gasteiger partial charge < -0.3 is 4.90 Å². The summed E-state index contributed by atoms with van der Waals surface area (Å²) >= 11 is 0. The molecule has 0 saturated carbocycles. The van der Waals surface area contributed by atoms with E-state index >= 15 is 0 Å². The van der Waals surface area contributed by atoms with E-state index in [1.165, 1.54) is 38.0 Å². The Morgan fingerprint density at radius 2 is 1.57 bits per heavy atom. The summed E-state index contributed by atoms with van der Waals surface area (Å²) in [5.74, 6) is 1.74. The van der Waals surface area contributed by atoms with E-state index in [2.05, 4.69) is 30.9 Å². The fourth-order valence-electron chi connectivity index (χ4n) is 3.22. The molecule has 0 unspecified atom stereocenters. The first kappa shape index (κ1) is 19.9. The highest BCUT2D eigenvalue weighted by Gasteiger charge is 2.21. The van der Waals surface area contributed by atoms with Crippen LogP contribution in [0.2, 0.25) is 0 Å². The first-order valence-corrected chi connectivity index (χ1v) is 9.34. The van der Waals surface area contributed by atoms with Crippen molar-refractivity contribution in [2.45, 2.75) is 60.3 Å². The van der Waals surface area contributed by atoms with E-state index < -0.39 is 0 Å². The maximum absolute atomic E-state index is 12.0. The molecule has 0 bridgehead atoms. The number of nitrogens with zero attached hydrogens (tertiary/aromatic N) is 1. The number of likely N-dealkylation sites (tertiary alicyclic amines) is 1. The van der Waals surface area contributed by atoms with Gasteiger partial charge >= 0.3 is 0 Å². The number of hydrogen-bond acceptors (Lipinski definition) is 2. The Bertz CT molecular complexity index is 453. The molecule has 1 aliphatic heterocycles. The second-order valence-corrected chi connectivity index (χ2v) is 7.11. The number of piperidine rings is 1. The molecule has 0 N–H and O–H groups in total. The van der Waals surface area contributed by atoms with Crippen LogP contribution in [-0.2, 0) is 0 Å². The van der Waals surface area contributed by atoms with Gasteiger partial charge in [-0.2, -0.15) is 0 Å². The Balaban J connectivity index is 0.00000127. The summed E-state index contributed by atoms with van der Waals surface area (Å²) in [7, 11) is 0. The Morgan fingerprint density at radius 3 is 2.00 bits per heavy atom. The van der Waals surface area contributed by atoms with E-state index in [4.69, 9.17) is 0 Å². The van der Waals surface area contributed by atoms with E-state index in [0.29, 0.717) is 5.92 Å². The first-order chi connectivity index (χ1) is 11.0. The average molecular weight is 318 g/mol. The largest absolute Gasteiger partial charge is 0.303 e. The molecule has 2 rings (SSSR count). The van der Waals surface area contributed by atoms with Gasteiger partial charge in [0.1, 0.15) is 0 Å². The molecule has 0 aromatic heterocycles. The normalized spacial score (nSPS) is 16.3. The number of carbonyl (C=O) groups excluding carboxylic acids is 1. The van der Waals surface area contributed by atoms with Crippen molar-refractivity contribution in [2.75, 3.05) is 19.6 Å². The summed E-state index contributed by atoms with van der Waals surface area (Å²) in [5, 5.41) is 0. The van der Waals surface area contributed by atoms with Crippen LogP contribution in [-0.4, -0.2) is 30.3 Å². The lowest BCUT2D eigenvalue weighted by atomic mass is 9.88. The van der Waals surface area contributed by atoms with Gasteiger partial charge in [0.05, 0.1) is 0 Å². The van der Waals surface area contributed by atoms with Crippen LogP contribution in [0.15, 0.2) is 24.3 Å². The van der Waals surface area contributed by atoms with Crippen LogP contribution >= 0.6 is 0 Å². The molecule has 1 aliphatic rings. The monoisotopic (exact) mass is 317 g/mol. The van der Waals surface area contributed by atoms with Crippen molar-refractivity contribution >= 4 is 5.78 Å². The molecule has 1 aromatic carbocycles. The molecule has 0 spiro atoms. The molecule has 1 saturated heterocycles. The van der Waals surface area contributed by atoms with Gasteiger partial charge in [-0.3, -0.25) is 4.79 Å². The van der Waals surface area contributed by atoms with Gasteiger partial charge in [-0.05, 0) is 43.3 Å². The topological polar surface area (TPSA) is 20.3 Å². The molecule has 0 atom stereocenters.